The van der Waals surface area contributed by atoms with Gasteiger partial charge in [-0.15, -0.1) is 0 Å². The third-order valence-corrected chi connectivity index (χ3v) is 5.50. The number of amides is 1. The number of aromatic nitrogens is 2. The van der Waals surface area contributed by atoms with E-state index < -0.39 is 0 Å². The van der Waals surface area contributed by atoms with Crippen molar-refractivity contribution in [2.24, 2.45) is 5.92 Å². The van der Waals surface area contributed by atoms with Crippen LogP contribution in [0.3, 0.4) is 0 Å². The van der Waals surface area contributed by atoms with E-state index in [1.54, 1.807) is 18.2 Å². The Morgan fingerprint density at radius 3 is 3.00 bits per heavy atom. The number of nitrogens with zero attached hydrogens (tertiary/aromatic N) is 3. The van der Waals surface area contributed by atoms with E-state index in [2.05, 4.69) is 27.3 Å². The summed E-state index contributed by atoms with van der Waals surface area (Å²) in [5.41, 5.74) is 0.684. The lowest BCUT2D eigenvalue weighted by molar-refractivity contribution is -0.126. The standard InChI is InChI=1S/C20H26Cl2N4O2/c1-2-3-4-9-23-20(27)14-6-5-10-26(12-14)13-18-24-19(25-28-18)16-8-7-15(21)11-17(16)22/h7-8,11,14H,2-6,9-10,12-13H2,1H3,(H,23,27). The number of carbonyl (C=O) groups excluding carboxylic acids is 1. The number of unbranched alkanes of at least 4 members (excludes halogenated alkanes) is 2. The molecule has 0 bridgehead atoms. The van der Waals surface area contributed by atoms with E-state index in [1.165, 1.54) is 0 Å². The van der Waals surface area contributed by atoms with Crippen LogP contribution in [0.4, 0.5) is 0 Å². The summed E-state index contributed by atoms with van der Waals surface area (Å²) in [5, 5.41) is 8.14. The second kappa shape index (κ2) is 10.2. The molecule has 1 aromatic carbocycles. The van der Waals surface area contributed by atoms with Crippen molar-refractivity contribution in [1.82, 2.24) is 20.4 Å². The predicted octanol–water partition coefficient (Wildman–Crippen LogP) is 4.56. The number of nitrogens with one attached hydrogen (secondary N) is 1. The summed E-state index contributed by atoms with van der Waals surface area (Å²) in [6.45, 7) is 5.07. The van der Waals surface area contributed by atoms with Crippen LogP contribution < -0.4 is 5.32 Å². The minimum absolute atomic E-state index is 0.0171. The van der Waals surface area contributed by atoms with Crippen molar-refractivity contribution in [3.63, 3.8) is 0 Å². The molecular formula is C20H26Cl2N4O2. The molecule has 0 aliphatic carbocycles. The predicted molar refractivity (Wildman–Crippen MR) is 110 cm³/mol. The Morgan fingerprint density at radius 1 is 1.36 bits per heavy atom. The lowest BCUT2D eigenvalue weighted by Gasteiger charge is -2.30. The zero-order valence-electron chi connectivity index (χ0n) is 16.1. The molecule has 6 nitrogen and oxygen atoms in total. The summed E-state index contributed by atoms with van der Waals surface area (Å²) in [4.78, 5) is 19.1. The van der Waals surface area contributed by atoms with Crippen molar-refractivity contribution in [1.29, 1.82) is 0 Å². The number of piperidine rings is 1. The summed E-state index contributed by atoms with van der Waals surface area (Å²) in [6.07, 6.45) is 5.24. The first-order valence-corrected chi connectivity index (χ1v) is 10.6. The Balaban J connectivity index is 1.55. The van der Waals surface area contributed by atoms with Crippen molar-refractivity contribution < 1.29 is 9.32 Å². The van der Waals surface area contributed by atoms with Crippen LogP contribution >= 0.6 is 23.2 Å². The van der Waals surface area contributed by atoms with Gasteiger partial charge < -0.3 is 9.84 Å². The van der Waals surface area contributed by atoms with Gasteiger partial charge >= 0.3 is 0 Å². The molecule has 1 amide bonds. The third-order valence-electron chi connectivity index (χ3n) is 4.95. The van der Waals surface area contributed by atoms with Crippen LogP contribution in [-0.2, 0) is 11.3 Å². The molecule has 0 saturated carbocycles. The molecule has 1 aromatic heterocycles. The van der Waals surface area contributed by atoms with Crippen molar-refractivity contribution in [2.75, 3.05) is 19.6 Å². The van der Waals surface area contributed by atoms with E-state index >= 15 is 0 Å². The number of rotatable bonds is 8. The maximum absolute atomic E-state index is 12.4. The van der Waals surface area contributed by atoms with E-state index in [4.69, 9.17) is 27.7 Å². The van der Waals surface area contributed by atoms with Crippen LogP contribution in [0.5, 0.6) is 0 Å². The summed E-state index contributed by atoms with van der Waals surface area (Å²) < 4.78 is 5.40. The summed E-state index contributed by atoms with van der Waals surface area (Å²) in [5.74, 6) is 1.13. The van der Waals surface area contributed by atoms with Gasteiger partial charge in [0.1, 0.15) is 0 Å². The van der Waals surface area contributed by atoms with Crippen LogP contribution in [-0.4, -0.2) is 40.6 Å². The maximum atomic E-state index is 12.4. The Bertz CT molecular complexity index is 796. The van der Waals surface area contributed by atoms with Gasteiger partial charge in [-0.1, -0.05) is 48.1 Å². The first-order chi connectivity index (χ1) is 13.6. The maximum Gasteiger partial charge on any atom is 0.241 e. The third kappa shape index (κ3) is 5.69. The van der Waals surface area contributed by atoms with Gasteiger partial charge in [-0.2, -0.15) is 4.98 Å². The molecule has 1 aliphatic rings. The van der Waals surface area contributed by atoms with Crippen LogP contribution in [0.15, 0.2) is 22.7 Å². The highest BCUT2D eigenvalue weighted by atomic mass is 35.5. The van der Waals surface area contributed by atoms with Gasteiger partial charge in [0, 0.05) is 23.7 Å². The fraction of sp³-hybridized carbons (Fsp3) is 0.550. The molecule has 28 heavy (non-hydrogen) atoms. The first kappa shape index (κ1) is 21.1. The Labute approximate surface area is 175 Å². The van der Waals surface area contributed by atoms with Gasteiger partial charge in [0.2, 0.25) is 17.6 Å². The quantitative estimate of drug-likeness (QED) is 0.628. The number of hydrogen-bond donors (Lipinski definition) is 1. The zero-order chi connectivity index (χ0) is 19.9. The molecule has 1 fully saturated rings. The molecular weight excluding hydrogens is 399 g/mol. The van der Waals surface area contributed by atoms with E-state index in [1.807, 2.05) is 0 Å². The number of benzene rings is 1. The molecule has 2 heterocycles. The van der Waals surface area contributed by atoms with Crippen LogP contribution in [0, 0.1) is 5.92 Å². The van der Waals surface area contributed by atoms with Gasteiger partial charge in [0.25, 0.3) is 0 Å². The van der Waals surface area contributed by atoms with Gasteiger partial charge in [-0.3, -0.25) is 9.69 Å². The van der Waals surface area contributed by atoms with Crippen LogP contribution in [0.25, 0.3) is 11.4 Å². The normalized spacial score (nSPS) is 17.6. The second-order valence-corrected chi connectivity index (χ2v) is 8.05. The molecule has 1 aliphatic heterocycles. The van der Waals surface area contributed by atoms with E-state index in [0.717, 1.165) is 45.2 Å². The summed E-state index contributed by atoms with van der Waals surface area (Å²) >= 11 is 12.2. The molecule has 1 saturated heterocycles. The minimum Gasteiger partial charge on any atom is -0.356 e. The van der Waals surface area contributed by atoms with Crippen LogP contribution in [0.2, 0.25) is 10.0 Å². The molecule has 8 heteroatoms. The Morgan fingerprint density at radius 2 is 2.21 bits per heavy atom. The summed E-state index contributed by atoms with van der Waals surface area (Å²) in [6, 6.07) is 5.18. The number of likely N-dealkylation sites (tertiary alicyclic amines) is 1. The number of hydrogen-bond acceptors (Lipinski definition) is 5. The smallest absolute Gasteiger partial charge is 0.241 e. The van der Waals surface area contributed by atoms with Gasteiger partial charge in [0.05, 0.1) is 17.5 Å². The van der Waals surface area contributed by atoms with Crippen molar-refractivity contribution in [2.45, 2.75) is 45.6 Å². The molecule has 0 radical (unpaired) electrons. The topological polar surface area (TPSA) is 71.3 Å². The first-order valence-electron chi connectivity index (χ1n) is 9.85. The molecule has 1 N–H and O–H groups in total. The van der Waals surface area contributed by atoms with Gasteiger partial charge in [-0.25, -0.2) is 0 Å². The number of carbonyl (C=O) groups is 1. The van der Waals surface area contributed by atoms with E-state index in [-0.39, 0.29) is 11.8 Å². The average Bonchev–Trinajstić information content (AvgIpc) is 3.13. The largest absolute Gasteiger partial charge is 0.356 e. The highest BCUT2D eigenvalue weighted by Gasteiger charge is 2.26. The highest BCUT2D eigenvalue weighted by Crippen LogP contribution is 2.28. The lowest BCUT2D eigenvalue weighted by Crippen LogP contribution is -2.42. The van der Waals surface area contributed by atoms with Gasteiger partial charge in [0.15, 0.2) is 0 Å². The van der Waals surface area contributed by atoms with E-state index in [9.17, 15) is 4.79 Å². The number of halogens is 2. The molecule has 1 atom stereocenters. The van der Waals surface area contributed by atoms with E-state index in [0.29, 0.717) is 40.4 Å². The SMILES string of the molecule is CCCCCNC(=O)C1CCCN(Cc2nc(-c3ccc(Cl)cc3Cl)no2)C1. The van der Waals surface area contributed by atoms with Crippen molar-refractivity contribution >= 4 is 29.1 Å². The van der Waals surface area contributed by atoms with Crippen molar-refractivity contribution in [3.05, 3.63) is 34.1 Å². The van der Waals surface area contributed by atoms with Crippen LogP contribution in [0.1, 0.15) is 44.9 Å². The molecule has 2 aromatic rings. The molecule has 0 spiro atoms. The molecule has 1 unspecified atom stereocenters. The fourth-order valence-corrected chi connectivity index (χ4v) is 3.93. The van der Waals surface area contributed by atoms with Crippen molar-refractivity contribution in [3.8, 4) is 11.4 Å². The Hall–Kier alpha value is -1.63. The molecule has 3 rings (SSSR count). The molecule has 152 valence electrons. The monoisotopic (exact) mass is 424 g/mol. The van der Waals surface area contributed by atoms with Gasteiger partial charge in [-0.05, 0) is 44.0 Å². The Kier molecular flexibility index (Phi) is 7.71. The average molecular weight is 425 g/mol. The minimum atomic E-state index is 0.0171. The zero-order valence-corrected chi connectivity index (χ0v) is 17.6. The fourth-order valence-electron chi connectivity index (χ4n) is 3.43. The lowest BCUT2D eigenvalue weighted by atomic mass is 9.97. The highest BCUT2D eigenvalue weighted by molar-refractivity contribution is 6.36. The summed E-state index contributed by atoms with van der Waals surface area (Å²) in [7, 11) is 0. The second-order valence-electron chi connectivity index (χ2n) is 7.21.